The van der Waals surface area contributed by atoms with Crippen LogP contribution >= 0.6 is 0 Å². The van der Waals surface area contributed by atoms with E-state index in [0.717, 1.165) is 0 Å². The zero-order chi connectivity index (χ0) is 28.0. The number of ether oxygens (including phenoxy) is 4. The van der Waals surface area contributed by atoms with Gasteiger partial charge in [-0.3, -0.25) is 4.79 Å². The van der Waals surface area contributed by atoms with Gasteiger partial charge in [-0.2, -0.15) is 0 Å². The number of halogens is 2. The van der Waals surface area contributed by atoms with E-state index in [1.165, 1.54) is 44.6 Å². The molecule has 0 heterocycles. The second-order valence-electron chi connectivity index (χ2n) is 9.25. The van der Waals surface area contributed by atoms with Crippen LogP contribution in [0.25, 0.3) is 11.1 Å². The molecular formula is C29H32F2O7. The van der Waals surface area contributed by atoms with Crippen LogP contribution in [0.3, 0.4) is 0 Å². The molecule has 38 heavy (non-hydrogen) atoms. The monoisotopic (exact) mass is 530 g/mol. The van der Waals surface area contributed by atoms with Crippen molar-refractivity contribution in [3.05, 3.63) is 82.9 Å². The molecule has 204 valence electrons. The highest BCUT2D eigenvalue weighted by Gasteiger charge is 2.33. The van der Waals surface area contributed by atoms with Gasteiger partial charge in [0.15, 0.2) is 11.6 Å². The quantitative estimate of drug-likeness (QED) is 0.304. The second-order valence-corrected chi connectivity index (χ2v) is 9.25. The molecule has 0 aromatic heterocycles. The number of carboxylic acids is 1. The third-order valence-electron chi connectivity index (χ3n) is 6.37. The van der Waals surface area contributed by atoms with Crippen LogP contribution in [0, 0.1) is 11.6 Å². The molecule has 0 aliphatic carbocycles. The summed E-state index contributed by atoms with van der Waals surface area (Å²) in [6, 6.07) is 13.9. The number of aliphatic hydroxyl groups excluding tert-OH is 1. The summed E-state index contributed by atoms with van der Waals surface area (Å²) in [4.78, 5) is 10.9. The summed E-state index contributed by atoms with van der Waals surface area (Å²) in [6.45, 7) is 3.63. The Hall–Kier alpha value is -3.53. The summed E-state index contributed by atoms with van der Waals surface area (Å²) in [6.07, 6.45) is -2.77. The third-order valence-corrected chi connectivity index (χ3v) is 6.37. The predicted octanol–water partition coefficient (Wildman–Crippen LogP) is 5.84. The van der Waals surface area contributed by atoms with Gasteiger partial charge in [0.25, 0.3) is 0 Å². The number of carboxylic acid groups (broad SMARTS) is 1. The van der Waals surface area contributed by atoms with Gasteiger partial charge in [0.2, 0.25) is 0 Å². The summed E-state index contributed by atoms with van der Waals surface area (Å²) in [5, 5.41) is 19.0. The van der Waals surface area contributed by atoms with Gasteiger partial charge < -0.3 is 29.2 Å². The van der Waals surface area contributed by atoms with Gasteiger partial charge in [0.1, 0.15) is 24.3 Å². The summed E-state index contributed by atoms with van der Waals surface area (Å²) in [7, 11) is 4.59. The van der Waals surface area contributed by atoms with Crippen LogP contribution in [-0.2, 0) is 20.9 Å². The number of hydrogen-bond donors (Lipinski definition) is 2. The number of rotatable bonds is 12. The van der Waals surface area contributed by atoms with Gasteiger partial charge in [0, 0.05) is 25.3 Å². The average Bonchev–Trinajstić information content (AvgIpc) is 2.88. The lowest BCUT2D eigenvalue weighted by molar-refractivity contribution is -0.139. The van der Waals surface area contributed by atoms with Gasteiger partial charge >= 0.3 is 5.97 Å². The number of hydrogen-bond acceptors (Lipinski definition) is 6. The van der Waals surface area contributed by atoms with E-state index < -0.39 is 41.8 Å². The van der Waals surface area contributed by atoms with Gasteiger partial charge in [-0.15, -0.1) is 0 Å². The number of aliphatic carboxylic acids is 1. The van der Waals surface area contributed by atoms with Crippen molar-refractivity contribution in [1.82, 2.24) is 0 Å². The lowest BCUT2D eigenvalue weighted by Crippen LogP contribution is -2.33. The summed E-state index contributed by atoms with van der Waals surface area (Å²) >= 11 is 0. The number of benzene rings is 3. The Balaban J connectivity index is 2.02. The Kier molecular flexibility index (Phi) is 9.43. The SMILES string of the molecule is COc1ccc(F)c(-c2ccc(COc3cccc([C@H](O)CC(=O)O)c3F)cc2[C@@H](OC)C(C)(C)OC)c1. The highest BCUT2D eigenvalue weighted by molar-refractivity contribution is 5.71. The van der Waals surface area contributed by atoms with Gasteiger partial charge in [-0.1, -0.05) is 24.3 Å². The number of methoxy groups -OCH3 is 3. The molecule has 3 rings (SSSR count). The fraction of sp³-hybridized carbons (Fsp3) is 0.345. The molecule has 0 radical (unpaired) electrons. The van der Waals surface area contributed by atoms with Crippen molar-refractivity contribution in [3.8, 4) is 22.6 Å². The average molecular weight is 531 g/mol. The van der Waals surface area contributed by atoms with Crippen LogP contribution in [0.2, 0.25) is 0 Å². The Bertz CT molecular complexity index is 1280. The molecule has 0 unspecified atom stereocenters. The summed E-state index contributed by atoms with van der Waals surface area (Å²) in [5.41, 5.74) is 1.17. The fourth-order valence-corrected chi connectivity index (χ4v) is 4.23. The molecule has 0 saturated heterocycles. The van der Waals surface area contributed by atoms with Crippen LogP contribution in [0.5, 0.6) is 11.5 Å². The summed E-state index contributed by atoms with van der Waals surface area (Å²) in [5.74, 6) is -2.20. The molecule has 3 aromatic carbocycles. The lowest BCUT2D eigenvalue weighted by atomic mass is 9.87. The molecule has 2 atom stereocenters. The Morgan fingerprint density at radius 3 is 2.34 bits per heavy atom. The van der Waals surface area contributed by atoms with Gasteiger partial charge in [-0.05, 0) is 60.9 Å². The minimum atomic E-state index is -1.52. The van der Waals surface area contributed by atoms with E-state index in [1.807, 2.05) is 13.8 Å². The normalized spacial score (nSPS) is 13.2. The number of aliphatic hydroxyl groups is 1. The van der Waals surface area contributed by atoms with Crippen molar-refractivity contribution in [2.24, 2.45) is 0 Å². The molecule has 0 aliphatic rings. The zero-order valence-electron chi connectivity index (χ0n) is 22.0. The van der Waals surface area contributed by atoms with E-state index >= 15 is 0 Å². The van der Waals surface area contributed by atoms with Gasteiger partial charge in [-0.25, -0.2) is 8.78 Å². The first-order chi connectivity index (χ1) is 18.0. The molecule has 0 amide bonds. The van der Waals surface area contributed by atoms with E-state index in [2.05, 4.69) is 0 Å². The first-order valence-electron chi connectivity index (χ1n) is 11.9. The highest BCUT2D eigenvalue weighted by Crippen LogP contribution is 2.40. The number of carbonyl (C=O) groups is 1. The molecule has 7 nitrogen and oxygen atoms in total. The van der Waals surface area contributed by atoms with Gasteiger partial charge in [0.05, 0.1) is 25.2 Å². The lowest BCUT2D eigenvalue weighted by Gasteiger charge is -2.34. The van der Waals surface area contributed by atoms with E-state index in [9.17, 15) is 18.7 Å². The van der Waals surface area contributed by atoms with E-state index in [-0.39, 0.29) is 17.9 Å². The third kappa shape index (κ3) is 6.48. The van der Waals surface area contributed by atoms with Crippen molar-refractivity contribution in [2.45, 2.75) is 44.7 Å². The molecule has 0 fully saturated rings. The van der Waals surface area contributed by atoms with Crippen LogP contribution in [-0.4, -0.2) is 43.1 Å². The summed E-state index contributed by atoms with van der Waals surface area (Å²) < 4.78 is 52.4. The molecular weight excluding hydrogens is 498 g/mol. The molecule has 9 heteroatoms. The van der Waals surface area contributed by atoms with Crippen LogP contribution < -0.4 is 9.47 Å². The molecule has 0 bridgehead atoms. The van der Waals surface area contributed by atoms with E-state index in [1.54, 1.807) is 31.4 Å². The topological polar surface area (TPSA) is 94.5 Å². The standard InChI is InChI=1S/C29H32F2O7/c1-29(2,37-5)28(36-4)22-13-17(9-11-19(22)21-14-18(35-3)10-12-23(21)30)16-38-25-8-6-7-20(27(25)31)24(32)15-26(33)34/h6-14,24,28,32H,15-16H2,1-5H3,(H,33,34)/t24-,28-/m1/s1. The fourth-order valence-electron chi connectivity index (χ4n) is 4.23. The van der Waals surface area contributed by atoms with Crippen molar-refractivity contribution < 1.29 is 42.7 Å². The molecule has 2 N–H and O–H groups in total. The van der Waals surface area contributed by atoms with Crippen LogP contribution in [0.4, 0.5) is 8.78 Å². The van der Waals surface area contributed by atoms with E-state index in [0.29, 0.717) is 28.0 Å². The minimum absolute atomic E-state index is 0.0624. The van der Waals surface area contributed by atoms with Crippen molar-refractivity contribution in [2.75, 3.05) is 21.3 Å². The molecule has 0 aliphatic heterocycles. The Labute approximate surface area is 220 Å². The first-order valence-corrected chi connectivity index (χ1v) is 11.9. The minimum Gasteiger partial charge on any atom is -0.497 e. The largest absolute Gasteiger partial charge is 0.497 e. The zero-order valence-corrected chi connectivity index (χ0v) is 22.0. The van der Waals surface area contributed by atoms with Crippen LogP contribution in [0.15, 0.2) is 54.6 Å². The van der Waals surface area contributed by atoms with Crippen LogP contribution in [0.1, 0.15) is 49.2 Å². The second kappa shape index (κ2) is 12.3. The molecule has 3 aromatic rings. The Morgan fingerprint density at radius 2 is 1.71 bits per heavy atom. The smallest absolute Gasteiger partial charge is 0.306 e. The molecule has 0 saturated carbocycles. The van der Waals surface area contributed by atoms with Crippen molar-refractivity contribution in [1.29, 1.82) is 0 Å². The predicted molar refractivity (Wildman–Crippen MR) is 137 cm³/mol. The van der Waals surface area contributed by atoms with Crippen molar-refractivity contribution in [3.63, 3.8) is 0 Å². The van der Waals surface area contributed by atoms with Crippen molar-refractivity contribution >= 4 is 5.97 Å². The maximum Gasteiger partial charge on any atom is 0.306 e. The first kappa shape index (κ1) is 29.0. The maximum absolute atomic E-state index is 15.0. The highest BCUT2D eigenvalue weighted by atomic mass is 19.1. The molecule has 0 spiro atoms. The van der Waals surface area contributed by atoms with E-state index in [4.69, 9.17) is 24.1 Å². The maximum atomic E-state index is 15.0. The Morgan fingerprint density at radius 1 is 0.974 bits per heavy atom.